The summed E-state index contributed by atoms with van der Waals surface area (Å²) in [6.45, 7) is 6.27. The molecule has 6 heteroatoms. The number of nitrogen functional groups attached to an aromatic ring is 1. The fourth-order valence-electron chi connectivity index (χ4n) is 2.14. The van der Waals surface area contributed by atoms with Crippen LogP contribution in [0.15, 0.2) is 12.1 Å². The predicted octanol–water partition coefficient (Wildman–Crippen LogP) is 2.13. The monoisotopic (exact) mass is 264 g/mol. The summed E-state index contributed by atoms with van der Waals surface area (Å²) in [4.78, 5) is 13.9. The number of nitrogens with two attached hydrogens (primary N) is 1. The fourth-order valence-corrected chi connectivity index (χ4v) is 2.14. The van der Waals surface area contributed by atoms with E-state index in [1.807, 2.05) is 26.8 Å². The van der Waals surface area contributed by atoms with Crippen LogP contribution in [-0.2, 0) is 4.74 Å². The first-order valence-corrected chi connectivity index (χ1v) is 6.45. The lowest BCUT2D eigenvalue weighted by molar-refractivity contribution is 0.0221. The molecule has 0 aliphatic carbocycles. The Morgan fingerprint density at radius 3 is 2.74 bits per heavy atom. The first kappa shape index (κ1) is 13.6. The summed E-state index contributed by atoms with van der Waals surface area (Å²) in [7, 11) is 0. The summed E-state index contributed by atoms with van der Waals surface area (Å²) in [6.07, 6.45) is 1.52. The molecule has 0 bridgehead atoms. The SMILES string of the molecule is CC(C)(C)OC(=O)N1CCC[C@@H]1c1ccc(N)nn1. The highest BCUT2D eigenvalue weighted by molar-refractivity contribution is 5.69. The fraction of sp³-hybridized carbons (Fsp3) is 0.615. The quantitative estimate of drug-likeness (QED) is 0.840. The lowest BCUT2D eigenvalue weighted by atomic mass is 10.1. The minimum atomic E-state index is -0.489. The van der Waals surface area contributed by atoms with Gasteiger partial charge in [0.05, 0.1) is 11.7 Å². The summed E-state index contributed by atoms with van der Waals surface area (Å²) < 4.78 is 5.41. The molecule has 0 spiro atoms. The van der Waals surface area contributed by atoms with E-state index in [1.165, 1.54) is 0 Å². The van der Waals surface area contributed by atoms with Crippen LogP contribution in [0.1, 0.15) is 45.3 Å². The van der Waals surface area contributed by atoms with E-state index in [0.29, 0.717) is 12.4 Å². The second-order valence-electron chi connectivity index (χ2n) is 5.71. The molecule has 2 heterocycles. The zero-order chi connectivity index (χ0) is 14.0. The number of hydrogen-bond acceptors (Lipinski definition) is 5. The van der Waals surface area contributed by atoms with Gasteiger partial charge < -0.3 is 10.5 Å². The second-order valence-corrected chi connectivity index (χ2v) is 5.71. The molecule has 1 aromatic heterocycles. The molecule has 0 saturated carbocycles. The molecular formula is C13H20N4O2. The van der Waals surface area contributed by atoms with Crippen LogP contribution in [0, 0.1) is 0 Å². The molecule has 1 fully saturated rings. The molecular weight excluding hydrogens is 244 g/mol. The molecule has 1 saturated heterocycles. The molecule has 1 atom stereocenters. The summed E-state index contributed by atoms with van der Waals surface area (Å²) >= 11 is 0. The first-order chi connectivity index (χ1) is 8.87. The van der Waals surface area contributed by atoms with Gasteiger partial charge in [-0.3, -0.25) is 4.90 Å². The predicted molar refractivity (Wildman–Crippen MR) is 71.4 cm³/mol. The van der Waals surface area contributed by atoms with Gasteiger partial charge in [-0.1, -0.05) is 0 Å². The maximum atomic E-state index is 12.1. The van der Waals surface area contributed by atoms with Crippen molar-refractivity contribution in [2.75, 3.05) is 12.3 Å². The van der Waals surface area contributed by atoms with E-state index in [9.17, 15) is 4.79 Å². The minimum absolute atomic E-state index is 0.0667. The highest BCUT2D eigenvalue weighted by Gasteiger charge is 2.34. The Morgan fingerprint density at radius 1 is 1.42 bits per heavy atom. The average molecular weight is 264 g/mol. The zero-order valence-corrected chi connectivity index (χ0v) is 11.6. The molecule has 1 amide bonds. The average Bonchev–Trinajstić information content (AvgIpc) is 2.76. The van der Waals surface area contributed by atoms with Gasteiger partial charge in [0.25, 0.3) is 0 Å². The lowest BCUT2D eigenvalue weighted by Crippen LogP contribution is -2.36. The molecule has 0 unspecified atom stereocenters. The number of ether oxygens (including phenoxy) is 1. The number of carbonyl (C=O) groups is 1. The number of nitrogens with zero attached hydrogens (tertiary/aromatic N) is 3. The van der Waals surface area contributed by atoms with Crippen molar-refractivity contribution in [3.63, 3.8) is 0 Å². The van der Waals surface area contributed by atoms with Gasteiger partial charge in [-0.05, 0) is 45.7 Å². The minimum Gasteiger partial charge on any atom is -0.444 e. The van der Waals surface area contributed by atoms with Crippen LogP contribution in [-0.4, -0.2) is 33.3 Å². The third kappa shape index (κ3) is 3.33. The van der Waals surface area contributed by atoms with Crippen LogP contribution in [0.3, 0.4) is 0 Å². The zero-order valence-electron chi connectivity index (χ0n) is 11.6. The van der Waals surface area contributed by atoms with Crippen molar-refractivity contribution in [3.8, 4) is 0 Å². The molecule has 2 rings (SSSR count). The normalized spacial score (nSPS) is 19.5. The highest BCUT2D eigenvalue weighted by Crippen LogP contribution is 2.31. The van der Waals surface area contributed by atoms with Crippen molar-refractivity contribution in [1.82, 2.24) is 15.1 Å². The molecule has 6 nitrogen and oxygen atoms in total. The van der Waals surface area contributed by atoms with Gasteiger partial charge in [-0.25, -0.2) is 4.79 Å². The molecule has 0 aromatic carbocycles. The number of hydrogen-bond donors (Lipinski definition) is 1. The molecule has 1 aromatic rings. The van der Waals surface area contributed by atoms with Gasteiger partial charge in [0.1, 0.15) is 11.4 Å². The Bertz CT molecular complexity index is 453. The van der Waals surface area contributed by atoms with Gasteiger partial charge in [-0.2, -0.15) is 5.10 Å². The number of aromatic nitrogens is 2. The summed E-state index contributed by atoms with van der Waals surface area (Å²) in [5.41, 5.74) is 5.80. The first-order valence-electron chi connectivity index (χ1n) is 6.45. The van der Waals surface area contributed by atoms with E-state index in [0.717, 1.165) is 18.5 Å². The molecule has 0 radical (unpaired) electrons. The van der Waals surface area contributed by atoms with Crippen LogP contribution in [0.25, 0.3) is 0 Å². The molecule has 104 valence electrons. The highest BCUT2D eigenvalue weighted by atomic mass is 16.6. The largest absolute Gasteiger partial charge is 0.444 e. The third-order valence-electron chi connectivity index (χ3n) is 2.93. The van der Waals surface area contributed by atoms with Gasteiger partial charge in [0.15, 0.2) is 0 Å². The van der Waals surface area contributed by atoms with Crippen molar-refractivity contribution in [1.29, 1.82) is 0 Å². The van der Waals surface area contributed by atoms with Gasteiger partial charge in [0.2, 0.25) is 0 Å². The Morgan fingerprint density at radius 2 is 2.16 bits per heavy atom. The maximum absolute atomic E-state index is 12.1. The van der Waals surface area contributed by atoms with Crippen molar-refractivity contribution in [3.05, 3.63) is 17.8 Å². The topological polar surface area (TPSA) is 81.3 Å². The van der Waals surface area contributed by atoms with Crippen LogP contribution >= 0.6 is 0 Å². The molecule has 19 heavy (non-hydrogen) atoms. The van der Waals surface area contributed by atoms with Crippen LogP contribution in [0.4, 0.5) is 10.6 Å². The third-order valence-corrected chi connectivity index (χ3v) is 2.93. The summed E-state index contributed by atoms with van der Waals surface area (Å²) in [5.74, 6) is 0.380. The van der Waals surface area contributed by atoms with E-state index < -0.39 is 5.60 Å². The molecule has 2 N–H and O–H groups in total. The van der Waals surface area contributed by atoms with E-state index >= 15 is 0 Å². The number of carbonyl (C=O) groups excluding carboxylic acids is 1. The summed E-state index contributed by atoms with van der Waals surface area (Å²) in [5, 5.41) is 7.91. The van der Waals surface area contributed by atoms with E-state index in [1.54, 1.807) is 11.0 Å². The second kappa shape index (κ2) is 5.03. The smallest absolute Gasteiger partial charge is 0.410 e. The van der Waals surface area contributed by atoms with Crippen LogP contribution in [0.2, 0.25) is 0 Å². The molecule has 1 aliphatic rings. The van der Waals surface area contributed by atoms with E-state index in [4.69, 9.17) is 10.5 Å². The van der Waals surface area contributed by atoms with Crippen LogP contribution in [0.5, 0.6) is 0 Å². The van der Waals surface area contributed by atoms with Crippen molar-refractivity contribution >= 4 is 11.9 Å². The standard InChI is InChI=1S/C13H20N4O2/c1-13(2,3)19-12(18)17-8-4-5-10(17)9-6-7-11(14)16-15-9/h6-7,10H,4-5,8H2,1-3H3,(H2,14,16)/t10-/m1/s1. The van der Waals surface area contributed by atoms with Crippen LogP contribution < -0.4 is 5.73 Å². The van der Waals surface area contributed by atoms with Gasteiger partial charge in [-0.15, -0.1) is 5.10 Å². The Hall–Kier alpha value is -1.85. The van der Waals surface area contributed by atoms with Crippen molar-refractivity contribution < 1.29 is 9.53 Å². The Labute approximate surface area is 112 Å². The summed E-state index contributed by atoms with van der Waals surface area (Å²) in [6, 6.07) is 3.45. The van der Waals surface area contributed by atoms with Crippen molar-refractivity contribution in [2.45, 2.75) is 45.3 Å². The molecule has 1 aliphatic heterocycles. The van der Waals surface area contributed by atoms with Gasteiger partial charge >= 0.3 is 6.09 Å². The number of rotatable bonds is 1. The van der Waals surface area contributed by atoms with Crippen molar-refractivity contribution in [2.24, 2.45) is 0 Å². The van der Waals surface area contributed by atoms with E-state index in [2.05, 4.69) is 10.2 Å². The number of anilines is 1. The Kier molecular flexibility index (Phi) is 3.59. The van der Waals surface area contributed by atoms with Gasteiger partial charge in [0, 0.05) is 6.54 Å². The number of amides is 1. The Balaban J connectivity index is 2.12. The maximum Gasteiger partial charge on any atom is 0.410 e. The number of likely N-dealkylation sites (tertiary alicyclic amines) is 1. The van der Waals surface area contributed by atoms with E-state index in [-0.39, 0.29) is 12.1 Å². The lowest BCUT2D eigenvalue weighted by Gasteiger charge is -2.28.